The molecule has 1 amide bonds. The fourth-order valence-electron chi connectivity index (χ4n) is 4.29. The van der Waals surface area contributed by atoms with Crippen LogP contribution in [0.3, 0.4) is 0 Å². The van der Waals surface area contributed by atoms with E-state index in [9.17, 15) is 14.7 Å². The SMILES string of the molecule is CCN1CC[C@@]2(CO)CCCN(C(=O)C(=O)c3cccn3C)[C@@H]2C1. The van der Waals surface area contributed by atoms with Crippen molar-refractivity contribution >= 4 is 11.7 Å². The maximum Gasteiger partial charge on any atom is 0.296 e. The number of fused-ring (bicyclic) bond motifs is 1. The molecule has 2 fully saturated rings. The van der Waals surface area contributed by atoms with E-state index in [4.69, 9.17) is 0 Å². The number of aromatic nitrogens is 1. The van der Waals surface area contributed by atoms with Crippen molar-refractivity contribution in [1.29, 1.82) is 0 Å². The highest BCUT2D eigenvalue weighted by Gasteiger charge is 2.49. The summed E-state index contributed by atoms with van der Waals surface area (Å²) in [6.45, 7) is 5.39. The Hall–Kier alpha value is -1.66. The van der Waals surface area contributed by atoms with Crippen LogP contribution in [-0.4, -0.2) is 70.0 Å². The van der Waals surface area contributed by atoms with Crippen LogP contribution in [0.4, 0.5) is 0 Å². The van der Waals surface area contributed by atoms with E-state index in [0.29, 0.717) is 12.2 Å². The van der Waals surface area contributed by atoms with E-state index in [-0.39, 0.29) is 18.1 Å². The van der Waals surface area contributed by atoms with Gasteiger partial charge in [-0.1, -0.05) is 6.92 Å². The molecule has 0 saturated carbocycles. The Morgan fingerprint density at radius 1 is 1.33 bits per heavy atom. The summed E-state index contributed by atoms with van der Waals surface area (Å²) in [6.07, 6.45) is 4.42. The van der Waals surface area contributed by atoms with Gasteiger partial charge in [0.05, 0.1) is 18.3 Å². The molecule has 2 atom stereocenters. The van der Waals surface area contributed by atoms with Crippen LogP contribution < -0.4 is 0 Å². The molecule has 3 rings (SSSR count). The van der Waals surface area contributed by atoms with Crippen LogP contribution >= 0.6 is 0 Å². The number of likely N-dealkylation sites (N-methyl/N-ethyl adjacent to an activating group) is 1. The van der Waals surface area contributed by atoms with Crippen molar-refractivity contribution in [3.05, 3.63) is 24.0 Å². The maximum atomic E-state index is 12.9. The second kappa shape index (κ2) is 6.69. The number of likely N-dealkylation sites (tertiary alicyclic amines) is 2. The quantitative estimate of drug-likeness (QED) is 0.657. The number of carbonyl (C=O) groups is 2. The first-order valence-corrected chi connectivity index (χ1v) is 8.82. The number of aliphatic hydroxyl groups is 1. The number of hydrogen-bond acceptors (Lipinski definition) is 4. The van der Waals surface area contributed by atoms with Crippen LogP contribution in [0.15, 0.2) is 18.3 Å². The standard InChI is InChI=1S/C18H27N3O3/c1-3-20-11-8-18(13-22)7-5-10-21(15(18)12-20)17(24)16(23)14-6-4-9-19(14)2/h4,6,9,15,22H,3,5,7-8,10-13H2,1-2H3/t15-,18-/m1/s1. The van der Waals surface area contributed by atoms with Crippen molar-refractivity contribution in [3.63, 3.8) is 0 Å². The third-order valence-electron chi connectivity index (χ3n) is 5.91. The number of aryl methyl sites for hydroxylation is 1. The zero-order valence-corrected chi connectivity index (χ0v) is 14.6. The highest BCUT2D eigenvalue weighted by atomic mass is 16.3. The fraction of sp³-hybridized carbons (Fsp3) is 0.667. The minimum absolute atomic E-state index is 0.0807. The molecule has 3 heterocycles. The molecular formula is C18H27N3O3. The number of carbonyl (C=O) groups excluding carboxylic acids is 2. The number of hydrogen-bond donors (Lipinski definition) is 1. The molecule has 2 saturated heterocycles. The normalized spacial score (nSPS) is 27.8. The molecule has 6 heteroatoms. The van der Waals surface area contributed by atoms with E-state index in [1.165, 1.54) is 0 Å². The van der Waals surface area contributed by atoms with Gasteiger partial charge in [-0.2, -0.15) is 0 Å². The molecule has 0 aromatic carbocycles. The van der Waals surface area contributed by atoms with Gasteiger partial charge < -0.3 is 19.5 Å². The number of ketones is 1. The minimum Gasteiger partial charge on any atom is -0.396 e. The smallest absolute Gasteiger partial charge is 0.296 e. The van der Waals surface area contributed by atoms with Gasteiger partial charge in [-0.25, -0.2) is 0 Å². The van der Waals surface area contributed by atoms with Crippen molar-refractivity contribution < 1.29 is 14.7 Å². The molecule has 6 nitrogen and oxygen atoms in total. The molecule has 132 valence electrons. The molecule has 1 N–H and O–H groups in total. The van der Waals surface area contributed by atoms with E-state index in [1.807, 2.05) is 0 Å². The van der Waals surface area contributed by atoms with Gasteiger partial charge in [0.15, 0.2) is 0 Å². The first-order valence-electron chi connectivity index (χ1n) is 8.82. The van der Waals surface area contributed by atoms with E-state index < -0.39 is 11.7 Å². The first-order chi connectivity index (χ1) is 11.5. The molecule has 1 aromatic heterocycles. The summed E-state index contributed by atoms with van der Waals surface area (Å²) >= 11 is 0. The number of amides is 1. The third kappa shape index (κ3) is 2.78. The largest absolute Gasteiger partial charge is 0.396 e. The summed E-state index contributed by atoms with van der Waals surface area (Å²) in [4.78, 5) is 29.6. The summed E-state index contributed by atoms with van der Waals surface area (Å²) in [5, 5.41) is 10.1. The molecule has 2 aliphatic heterocycles. The number of piperidine rings is 2. The Balaban J connectivity index is 1.87. The van der Waals surface area contributed by atoms with Crippen molar-refractivity contribution in [3.8, 4) is 0 Å². The molecule has 0 radical (unpaired) electrons. The Labute approximate surface area is 143 Å². The number of aliphatic hydroxyl groups excluding tert-OH is 1. The Morgan fingerprint density at radius 2 is 2.12 bits per heavy atom. The number of Topliss-reactive ketones (excluding diaryl/α,β-unsaturated/α-hetero) is 1. The van der Waals surface area contributed by atoms with Crippen LogP contribution in [-0.2, 0) is 11.8 Å². The van der Waals surface area contributed by atoms with Gasteiger partial charge in [-0.05, 0) is 44.5 Å². The zero-order valence-electron chi connectivity index (χ0n) is 14.6. The predicted octanol–water partition coefficient (Wildman–Crippen LogP) is 0.903. The van der Waals surface area contributed by atoms with E-state index in [1.54, 1.807) is 34.8 Å². The van der Waals surface area contributed by atoms with E-state index >= 15 is 0 Å². The fourth-order valence-corrected chi connectivity index (χ4v) is 4.29. The van der Waals surface area contributed by atoms with E-state index in [2.05, 4.69) is 11.8 Å². The molecular weight excluding hydrogens is 306 g/mol. The van der Waals surface area contributed by atoms with Gasteiger partial charge in [-0.3, -0.25) is 9.59 Å². The van der Waals surface area contributed by atoms with Crippen LogP contribution in [0.2, 0.25) is 0 Å². The lowest BCUT2D eigenvalue weighted by Gasteiger charge is -2.54. The van der Waals surface area contributed by atoms with Gasteiger partial charge in [0.2, 0.25) is 0 Å². The topological polar surface area (TPSA) is 65.8 Å². The highest BCUT2D eigenvalue weighted by Crippen LogP contribution is 2.42. The third-order valence-corrected chi connectivity index (χ3v) is 5.91. The monoisotopic (exact) mass is 333 g/mol. The van der Waals surface area contributed by atoms with Crippen LogP contribution in [0.5, 0.6) is 0 Å². The summed E-state index contributed by atoms with van der Waals surface area (Å²) in [5.74, 6) is -0.887. The molecule has 1 aromatic rings. The Morgan fingerprint density at radius 3 is 2.75 bits per heavy atom. The summed E-state index contributed by atoms with van der Waals surface area (Å²) in [7, 11) is 1.77. The second-order valence-electron chi connectivity index (χ2n) is 7.12. The van der Waals surface area contributed by atoms with Crippen molar-refractivity contribution in [1.82, 2.24) is 14.4 Å². The van der Waals surface area contributed by atoms with Crippen LogP contribution in [0.1, 0.15) is 36.7 Å². The summed E-state index contributed by atoms with van der Waals surface area (Å²) in [6, 6.07) is 3.37. The number of rotatable bonds is 4. The average Bonchev–Trinajstić information content (AvgIpc) is 3.05. The average molecular weight is 333 g/mol. The summed E-state index contributed by atoms with van der Waals surface area (Å²) in [5.41, 5.74) is 0.164. The van der Waals surface area contributed by atoms with Crippen molar-refractivity contribution in [2.24, 2.45) is 12.5 Å². The van der Waals surface area contributed by atoms with E-state index in [0.717, 1.165) is 38.9 Å². The van der Waals surface area contributed by atoms with Crippen LogP contribution in [0.25, 0.3) is 0 Å². The molecule has 24 heavy (non-hydrogen) atoms. The Kier molecular flexibility index (Phi) is 4.78. The van der Waals surface area contributed by atoms with Gasteiger partial charge >= 0.3 is 0 Å². The zero-order chi connectivity index (χ0) is 17.3. The van der Waals surface area contributed by atoms with Gasteiger partial charge in [-0.15, -0.1) is 0 Å². The second-order valence-corrected chi connectivity index (χ2v) is 7.12. The van der Waals surface area contributed by atoms with Gasteiger partial charge in [0.1, 0.15) is 0 Å². The molecule has 0 aliphatic carbocycles. The van der Waals surface area contributed by atoms with Crippen LogP contribution in [0, 0.1) is 5.41 Å². The molecule has 0 spiro atoms. The molecule has 0 unspecified atom stereocenters. The van der Waals surface area contributed by atoms with Gasteiger partial charge in [0.25, 0.3) is 11.7 Å². The van der Waals surface area contributed by atoms with Gasteiger partial charge in [0, 0.05) is 31.7 Å². The molecule has 0 bridgehead atoms. The lowest BCUT2D eigenvalue weighted by atomic mass is 9.69. The van der Waals surface area contributed by atoms with Crippen molar-refractivity contribution in [2.75, 3.05) is 32.8 Å². The lowest BCUT2D eigenvalue weighted by Crippen LogP contribution is -2.64. The Bertz CT molecular complexity index is 627. The van der Waals surface area contributed by atoms with Crippen molar-refractivity contribution in [2.45, 2.75) is 32.2 Å². The minimum atomic E-state index is -0.454. The molecule has 2 aliphatic rings. The lowest BCUT2D eigenvalue weighted by molar-refractivity contribution is -0.141. The number of nitrogens with zero attached hydrogens (tertiary/aromatic N) is 3. The highest BCUT2D eigenvalue weighted by molar-refractivity contribution is 6.42. The maximum absolute atomic E-state index is 12.9. The first kappa shape index (κ1) is 17.2. The summed E-state index contributed by atoms with van der Waals surface area (Å²) < 4.78 is 1.68. The predicted molar refractivity (Wildman–Crippen MR) is 90.7 cm³/mol.